The lowest BCUT2D eigenvalue weighted by Gasteiger charge is -2.25. The van der Waals surface area contributed by atoms with Crippen LogP contribution in [-0.4, -0.2) is 83.2 Å². The summed E-state index contributed by atoms with van der Waals surface area (Å²) in [5.74, 6) is -2.00. The molecule has 206 valence electrons. The number of thioether (sulfide) groups is 1. The van der Waals surface area contributed by atoms with Crippen LogP contribution in [-0.2, 0) is 25.6 Å². The molecule has 0 aromatic heterocycles. The van der Waals surface area contributed by atoms with Crippen LogP contribution in [0.3, 0.4) is 0 Å². The average molecular weight is 538 g/mol. The number of phenols is 1. The highest BCUT2D eigenvalue weighted by Gasteiger charge is 2.31. The van der Waals surface area contributed by atoms with Crippen molar-refractivity contribution in [1.29, 1.82) is 0 Å². The van der Waals surface area contributed by atoms with Crippen molar-refractivity contribution in [1.82, 2.24) is 21.3 Å². The predicted octanol–water partition coefficient (Wildman–Crippen LogP) is 0.108. The molecule has 1 aliphatic heterocycles. The van der Waals surface area contributed by atoms with Crippen LogP contribution in [0.25, 0.3) is 0 Å². The van der Waals surface area contributed by atoms with Gasteiger partial charge in [-0.25, -0.2) is 4.79 Å². The van der Waals surface area contributed by atoms with Crippen molar-refractivity contribution in [3.05, 3.63) is 29.8 Å². The Morgan fingerprint density at radius 3 is 2.30 bits per heavy atom. The van der Waals surface area contributed by atoms with E-state index in [4.69, 9.17) is 5.73 Å². The van der Waals surface area contributed by atoms with Crippen molar-refractivity contribution in [3.63, 3.8) is 0 Å². The Hall–Kier alpha value is -2.83. The average Bonchev–Trinajstić information content (AvgIpc) is 3.42. The van der Waals surface area contributed by atoms with Crippen LogP contribution < -0.4 is 27.0 Å². The Bertz CT molecular complexity index is 894. The third kappa shape index (κ3) is 10.6. The number of nitrogens with two attached hydrogens (primary N) is 1. The zero-order valence-corrected chi connectivity index (χ0v) is 22.0. The number of carboxylic acid groups (broad SMARTS) is 1. The number of carbonyl (C=O) groups excluding carboxylic acids is 3. The SMILES string of the molecule is CSCCC(NC(=O)C(Cc1ccc(O)cc1)NC(=O)C(CCCCN)NC(=O)C1CCCN1)C(=O)O. The highest BCUT2D eigenvalue weighted by Crippen LogP contribution is 2.13. The van der Waals surface area contributed by atoms with E-state index in [0.29, 0.717) is 43.5 Å². The van der Waals surface area contributed by atoms with Crippen molar-refractivity contribution in [2.45, 2.75) is 69.1 Å². The van der Waals surface area contributed by atoms with Gasteiger partial charge in [-0.05, 0) is 81.3 Å². The molecule has 0 aliphatic carbocycles. The third-order valence-electron chi connectivity index (χ3n) is 6.19. The summed E-state index contributed by atoms with van der Waals surface area (Å²) in [5.41, 5.74) is 6.26. The van der Waals surface area contributed by atoms with E-state index in [2.05, 4.69) is 21.3 Å². The van der Waals surface area contributed by atoms with Gasteiger partial charge >= 0.3 is 5.97 Å². The van der Waals surface area contributed by atoms with Crippen LogP contribution in [0, 0.1) is 0 Å². The maximum absolute atomic E-state index is 13.3. The highest BCUT2D eigenvalue weighted by molar-refractivity contribution is 7.98. The van der Waals surface area contributed by atoms with Gasteiger partial charge in [-0.15, -0.1) is 0 Å². The first-order chi connectivity index (χ1) is 17.7. The Balaban J connectivity index is 2.19. The largest absolute Gasteiger partial charge is 0.508 e. The number of phenolic OH excluding ortho intramolecular Hbond substituents is 1. The molecule has 1 heterocycles. The van der Waals surface area contributed by atoms with Crippen LogP contribution in [0.1, 0.15) is 44.1 Å². The van der Waals surface area contributed by atoms with Crippen molar-refractivity contribution in [2.75, 3.05) is 25.1 Å². The predicted molar refractivity (Wildman–Crippen MR) is 142 cm³/mol. The zero-order valence-electron chi connectivity index (χ0n) is 21.2. The minimum Gasteiger partial charge on any atom is -0.508 e. The maximum Gasteiger partial charge on any atom is 0.326 e. The third-order valence-corrected chi connectivity index (χ3v) is 6.84. The van der Waals surface area contributed by atoms with E-state index < -0.39 is 35.9 Å². The van der Waals surface area contributed by atoms with Gasteiger partial charge in [-0.3, -0.25) is 14.4 Å². The van der Waals surface area contributed by atoms with Gasteiger partial charge in [-0.1, -0.05) is 12.1 Å². The summed E-state index contributed by atoms with van der Waals surface area (Å²) in [5, 5.41) is 30.3. The highest BCUT2D eigenvalue weighted by atomic mass is 32.2. The van der Waals surface area contributed by atoms with Gasteiger partial charge in [0.05, 0.1) is 6.04 Å². The summed E-state index contributed by atoms with van der Waals surface area (Å²) in [6.45, 7) is 1.18. The first-order valence-electron chi connectivity index (χ1n) is 12.6. The van der Waals surface area contributed by atoms with Crippen LogP contribution in [0.2, 0.25) is 0 Å². The molecule has 4 unspecified atom stereocenters. The number of carbonyl (C=O) groups is 4. The number of hydrogen-bond acceptors (Lipinski definition) is 8. The van der Waals surface area contributed by atoms with Gasteiger partial charge in [0.15, 0.2) is 0 Å². The Morgan fingerprint density at radius 1 is 1.03 bits per heavy atom. The lowest BCUT2D eigenvalue weighted by atomic mass is 10.0. The summed E-state index contributed by atoms with van der Waals surface area (Å²) in [6.07, 6.45) is 5.33. The molecule has 8 N–H and O–H groups in total. The van der Waals surface area contributed by atoms with Gasteiger partial charge in [-0.2, -0.15) is 11.8 Å². The Kier molecular flexibility index (Phi) is 13.2. The Labute approximate surface area is 221 Å². The molecule has 1 aromatic rings. The second-order valence-electron chi connectivity index (χ2n) is 9.11. The van der Waals surface area contributed by atoms with Gasteiger partial charge < -0.3 is 37.2 Å². The molecule has 4 atom stereocenters. The Morgan fingerprint density at radius 2 is 1.70 bits per heavy atom. The molecule has 1 aromatic carbocycles. The number of rotatable bonds is 16. The second-order valence-corrected chi connectivity index (χ2v) is 10.1. The van der Waals surface area contributed by atoms with Gasteiger partial charge in [0, 0.05) is 6.42 Å². The van der Waals surface area contributed by atoms with E-state index >= 15 is 0 Å². The molecule has 1 saturated heterocycles. The van der Waals surface area contributed by atoms with E-state index in [0.717, 1.165) is 13.0 Å². The number of aromatic hydroxyl groups is 1. The smallest absolute Gasteiger partial charge is 0.326 e. The first-order valence-corrected chi connectivity index (χ1v) is 14.0. The van der Waals surface area contributed by atoms with Crippen LogP contribution in [0.5, 0.6) is 5.75 Å². The fraction of sp³-hybridized carbons (Fsp3) is 0.600. The number of aliphatic carboxylic acids is 1. The molecular formula is C25H39N5O6S. The fourth-order valence-corrected chi connectivity index (χ4v) is 4.53. The number of benzene rings is 1. The van der Waals surface area contributed by atoms with Gasteiger partial charge in [0.25, 0.3) is 0 Å². The molecule has 2 rings (SSSR count). The second kappa shape index (κ2) is 16.1. The molecule has 11 nitrogen and oxygen atoms in total. The first kappa shape index (κ1) is 30.4. The van der Waals surface area contributed by atoms with Gasteiger partial charge in [0.2, 0.25) is 17.7 Å². The van der Waals surface area contributed by atoms with Crippen LogP contribution in [0.15, 0.2) is 24.3 Å². The molecule has 0 radical (unpaired) electrons. The summed E-state index contributed by atoms with van der Waals surface area (Å²) < 4.78 is 0. The maximum atomic E-state index is 13.3. The van der Waals surface area contributed by atoms with Crippen LogP contribution >= 0.6 is 11.8 Å². The quantitative estimate of drug-likeness (QED) is 0.144. The molecule has 3 amide bonds. The fourth-order valence-electron chi connectivity index (χ4n) is 4.06. The van der Waals surface area contributed by atoms with Crippen molar-refractivity contribution in [3.8, 4) is 5.75 Å². The lowest BCUT2D eigenvalue weighted by Crippen LogP contribution is -2.57. The summed E-state index contributed by atoms with van der Waals surface area (Å²) in [7, 11) is 0. The topological polar surface area (TPSA) is 183 Å². The zero-order chi connectivity index (χ0) is 27.2. The number of carboxylic acids is 1. The van der Waals surface area contributed by atoms with E-state index in [1.165, 1.54) is 23.9 Å². The molecule has 0 spiro atoms. The molecule has 12 heteroatoms. The summed E-state index contributed by atoms with van der Waals surface area (Å²) >= 11 is 1.46. The van der Waals surface area contributed by atoms with Gasteiger partial charge in [0.1, 0.15) is 23.9 Å². The standard InChI is InChI=1S/C25H39N5O6S/c1-37-14-11-20(25(35)36)29-24(34)21(15-16-7-9-17(31)10-8-16)30-23(33)19(5-2-3-12-26)28-22(32)18-6-4-13-27-18/h7-10,18-21,27,31H,2-6,11-15,26H2,1H3,(H,28,32)(H,29,34)(H,30,33)(H,35,36). The van der Waals surface area contributed by atoms with E-state index in [1.54, 1.807) is 12.1 Å². The number of hydrogen-bond donors (Lipinski definition) is 7. The van der Waals surface area contributed by atoms with E-state index in [9.17, 15) is 29.4 Å². The summed E-state index contributed by atoms with van der Waals surface area (Å²) in [4.78, 5) is 50.9. The number of amides is 3. The molecule has 1 aliphatic rings. The van der Waals surface area contributed by atoms with E-state index in [1.807, 2.05) is 6.26 Å². The van der Waals surface area contributed by atoms with Crippen LogP contribution in [0.4, 0.5) is 0 Å². The molecule has 0 saturated carbocycles. The van der Waals surface area contributed by atoms with E-state index in [-0.39, 0.29) is 30.5 Å². The normalized spacial score (nSPS) is 17.4. The van der Waals surface area contributed by atoms with Crippen molar-refractivity contribution in [2.24, 2.45) is 5.73 Å². The minimum atomic E-state index is -1.16. The molecule has 1 fully saturated rings. The molecule has 37 heavy (non-hydrogen) atoms. The summed E-state index contributed by atoms with van der Waals surface area (Å²) in [6, 6.07) is 2.74. The molecular weight excluding hydrogens is 498 g/mol. The number of unbranched alkanes of at least 4 members (excludes halogenated alkanes) is 1. The van der Waals surface area contributed by atoms with Crippen molar-refractivity contribution < 1.29 is 29.4 Å². The minimum absolute atomic E-state index is 0.0556. The monoisotopic (exact) mass is 537 g/mol. The van der Waals surface area contributed by atoms with Crippen molar-refractivity contribution >= 4 is 35.5 Å². The molecule has 0 bridgehead atoms. The lowest BCUT2D eigenvalue weighted by molar-refractivity contribution is -0.142. The number of nitrogens with one attached hydrogen (secondary N) is 4.